The van der Waals surface area contributed by atoms with Crippen molar-refractivity contribution in [1.29, 1.82) is 0 Å². The van der Waals surface area contributed by atoms with Crippen molar-refractivity contribution in [3.05, 3.63) is 23.8 Å². The average molecular weight is 194 g/mol. The van der Waals surface area contributed by atoms with Crippen molar-refractivity contribution in [2.45, 2.75) is 6.42 Å². The third kappa shape index (κ3) is 1.82. The van der Waals surface area contributed by atoms with Crippen LogP contribution in [0, 0.1) is 5.92 Å². The Morgan fingerprint density at radius 2 is 2.43 bits per heavy atom. The Morgan fingerprint density at radius 3 is 3.21 bits per heavy atom. The van der Waals surface area contributed by atoms with Crippen LogP contribution in [0.1, 0.15) is 5.56 Å². The molecule has 1 N–H and O–H groups in total. The highest BCUT2D eigenvalue weighted by atomic mass is 16.5. The lowest BCUT2D eigenvalue weighted by Crippen LogP contribution is -2.24. The molecule has 0 saturated carbocycles. The predicted molar refractivity (Wildman–Crippen MR) is 52.7 cm³/mol. The Labute approximate surface area is 83.3 Å². The highest BCUT2D eigenvalue weighted by Crippen LogP contribution is 2.30. The first-order chi connectivity index (χ1) is 6.79. The zero-order valence-corrected chi connectivity index (χ0v) is 8.19. The van der Waals surface area contributed by atoms with Gasteiger partial charge in [-0.2, -0.15) is 0 Å². The molecule has 0 amide bonds. The predicted octanol–water partition coefficient (Wildman–Crippen LogP) is 1.59. The lowest BCUT2D eigenvalue weighted by atomic mass is 9.97. The summed E-state index contributed by atoms with van der Waals surface area (Å²) in [5.74, 6) is 1.58. The van der Waals surface area contributed by atoms with Gasteiger partial charge in [-0.15, -0.1) is 0 Å². The van der Waals surface area contributed by atoms with E-state index in [-0.39, 0.29) is 0 Å². The molecule has 0 radical (unpaired) electrons. The van der Waals surface area contributed by atoms with E-state index >= 15 is 0 Å². The number of hydrogen-bond donors (Lipinski definition) is 1. The molecular formula is C11H14O3. The first kappa shape index (κ1) is 9.34. The molecule has 1 aliphatic rings. The summed E-state index contributed by atoms with van der Waals surface area (Å²) in [4.78, 5) is 0. The Bertz CT molecular complexity index is 322. The molecule has 1 atom stereocenters. The van der Waals surface area contributed by atoms with Gasteiger partial charge >= 0.3 is 0 Å². The van der Waals surface area contributed by atoms with Gasteiger partial charge in [-0.3, -0.25) is 0 Å². The quantitative estimate of drug-likeness (QED) is 0.777. The van der Waals surface area contributed by atoms with Gasteiger partial charge in [-0.1, -0.05) is 0 Å². The summed E-state index contributed by atoms with van der Waals surface area (Å²) in [6, 6.07) is 5.22. The van der Waals surface area contributed by atoms with Crippen molar-refractivity contribution in [2.75, 3.05) is 20.3 Å². The number of hydrogen-bond acceptors (Lipinski definition) is 3. The normalized spacial score (nSPS) is 19.9. The SMILES string of the molecule is COCC1COc2ccc(O)cc2C1. The van der Waals surface area contributed by atoms with Gasteiger partial charge in [0.25, 0.3) is 0 Å². The lowest BCUT2D eigenvalue weighted by molar-refractivity contribution is 0.107. The molecule has 1 aromatic rings. The van der Waals surface area contributed by atoms with E-state index in [1.807, 2.05) is 6.07 Å². The van der Waals surface area contributed by atoms with Crippen LogP contribution in [0.15, 0.2) is 18.2 Å². The zero-order valence-electron chi connectivity index (χ0n) is 8.19. The van der Waals surface area contributed by atoms with E-state index < -0.39 is 0 Å². The van der Waals surface area contributed by atoms with E-state index in [9.17, 15) is 5.11 Å². The fraction of sp³-hybridized carbons (Fsp3) is 0.455. The second kappa shape index (κ2) is 3.88. The van der Waals surface area contributed by atoms with Gasteiger partial charge in [0.15, 0.2) is 0 Å². The van der Waals surface area contributed by atoms with E-state index in [1.165, 1.54) is 0 Å². The summed E-state index contributed by atoms with van der Waals surface area (Å²) in [7, 11) is 1.69. The van der Waals surface area contributed by atoms with E-state index in [1.54, 1.807) is 19.2 Å². The number of aromatic hydroxyl groups is 1. The molecule has 0 bridgehead atoms. The molecule has 1 aliphatic heterocycles. The summed E-state index contributed by atoms with van der Waals surface area (Å²) in [5, 5.41) is 9.32. The van der Waals surface area contributed by atoms with Crippen molar-refractivity contribution in [2.24, 2.45) is 5.92 Å². The minimum Gasteiger partial charge on any atom is -0.508 e. The van der Waals surface area contributed by atoms with Crippen molar-refractivity contribution in [1.82, 2.24) is 0 Å². The molecule has 76 valence electrons. The molecule has 0 aromatic heterocycles. The second-order valence-corrected chi connectivity index (χ2v) is 3.63. The van der Waals surface area contributed by atoms with Crippen molar-refractivity contribution in [3.63, 3.8) is 0 Å². The maximum Gasteiger partial charge on any atom is 0.122 e. The summed E-state index contributed by atoms with van der Waals surface area (Å²) >= 11 is 0. The van der Waals surface area contributed by atoms with Crippen LogP contribution in [0.3, 0.4) is 0 Å². The minimum atomic E-state index is 0.297. The topological polar surface area (TPSA) is 38.7 Å². The van der Waals surface area contributed by atoms with E-state index in [2.05, 4.69) is 0 Å². The number of methoxy groups -OCH3 is 1. The molecule has 3 nitrogen and oxygen atoms in total. The molecular weight excluding hydrogens is 180 g/mol. The molecule has 1 heterocycles. The first-order valence-electron chi connectivity index (χ1n) is 4.73. The fourth-order valence-corrected chi connectivity index (χ4v) is 1.79. The Kier molecular flexibility index (Phi) is 2.59. The van der Waals surface area contributed by atoms with Crippen LogP contribution < -0.4 is 4.74 Å². The maximum absolute atomic E-state index is 9.32. The van der Waals surface area contributed by atoms with Gasteiger partial charge in [0, 0.05) is 13.0 Å². The minimum absolute atomic E-state index is 0.297. The van der Waals surface area contributed by atoms with E-state index in [4.69, 9.17) is 9.47 Å². The monoisotopic (exact) mass is 194 g/mol. The van der Waals surface area contributed by atoms with Crippen LogP contribution in [0.25, 0.3) is 0 Å². The summed E-state index contributed by atoms with van der Waals surface area (Å²) in [6.07, 6.45) is 0.914. The Morgan fingerprint density at radius 1 is 1.57 bits per heavy atom. The van der Waals surface area contributed by atoms with Crippen LogP contribution in [0.5, 0.6) is 11.5 Å². The Hall–Kier alpha value is -1.22. The second-order valence-electron chi connectivity index (χ2n) is 3.63. The Balaban J connectivity index is 2.16. The number of phenolic OH excluding ortho intramolecular Hbond substituents is 1. The number of rotatable bonds is 2. The lowest BCUT2D eigenvalue weighted by Gasteiger charge is -2.24. The smallest absolute Gasteiger partial charge is 0.122 e. The van der Waals surface area contributed by atoms with Gasteiger partial charge in [-0.25, -0.2) is 0 Å². The zero-order chi connectivity index (χ0) is 9.97. The van der Waals surface area contributed by atoms with Crippen LogP contribution in [-0.2, 0) is 11.2 Å². The molecule has 0 aliphatic carbocycles. The molecule has 2 rings (SSSR count). The fourth-order valence-electron chi connectivity index (χ4n) is 1.79. The molecule has 3 heteroatoms. The van der Waals surface area contributed by atoms with Crippen molar-refractivity contribution in [3.8, 4) is 11.5 Å². The van der Waals surface area contributed by atoms with Crippen LogP contribution in [-0.4, -0.2) is 25.4 Å². The van der Waals surface area contributed by atoms with Gasteiger partial charge in [0.2, 0.25) is 0 Å². The molecule has 1 aromatic carbocycles. The largest absolute Gasteiger partial charge is 0.508 e. The highest BCUT2D eigenvalue weighted by molar-refractivity contribution is 5.40. The third-order valence-electron chi connectivity index (χ3n) is 2.43. The highest BCUT2D eigenvalue weighted by Gasteiger charge is 2.19. The molecule has 14 heavy (non-hydrogen) atoms. The summed E-state index contributed by atoms with van der Waals surface area (Å²) in [6.45, 7) is 1.40. The standard InChI is InChI=1S/C11H14O3/c1-13-6-8-4-9-5-10(12)2-3-11(9)14-7-8/h2-3,5,8,12H,4,6-7H2,1H3. The molecule has 0 saturated heterocycles. The van der Waals surface area contributed by atoms with Crippen LogP contribution in [0.2, 0.25) is 0 Å². The number of ether oxygens (including phenoxy) is 2. The first-order valence-corrected chi connectivity index (χ1v) is 4.73. The third-order valence-corrected chi connectivity index (χ3v) is 2.43. The maximum atomic E-state index is 9.32. The average Bonchev–Trinajstić information content (AvgIpc) is 2.17. The molecule has 0 spiro atoms. The molecule has 0 fully saturated rings. The van der Waals surface area contributed by atoms with E-state index in [0.29, 0.717) is 24.9 Å². The van der Waals surface area contributed by atoms with Crippen LogP contribution in [0.4, 0.5) is 0 Å². The van der Waals surface area contributed by atoms with Gasteiger partial charge in [-0.05, 0) is 30.2 Å². The van der Waals surface area contributed by atoms with Gasteiger partial charge < -0.3 is 14.6 Å². The van der Waals surface area contributed by atoms with Gasteiger partial charge in [0.05, 0.1) is 13.2 Å². The van der Waals surface area contributed by atoms with Crippen LogP contribution >= 0.6 is 0 Å². The summed E-state index contributed by atoms with van der Waals surface area (Å²) in [5.41, 5.74) is 1.07. The van der Waals surface area contributed by atoms with Crippen molar-refractivity contribution < 1.29 is 14.6 Å². The number of phenols is 1. The van der Waals surface area contributed by atoms with Gasteiger partial charge in [0.1, 0.15) is 11.5 Å². The number of benzene rings is 1. The summed E-state index contributed by atoms with van der Waals surface area (Å²) < 4.78 is 10.6. The van der Waals surface area contributed by atoms with Crippen molar-refractivity contribution >= 4 is 0 Å². The van der Waals surface area contributed by atoms with E-state index in [0.717, 1.165) is 17.7 Å². The number of fused-ring (bicyclic) bond motifs is 1. The molecule has 1 unspecified atom stereocenters.